The minimum Gasteiger partial charge on any atom is -0.492 e. The van der Waals surface area contributed by atoms with Crippen molar-refractivity contribution in [2.75, 3.05) is 43.5 Å². The van der Waals surface area contributed by atoms with Gasteiger partial charge in [0.15, 0.2) is 15.7 Å². The number of anilines is 3. The highest BCUT2D eigenvalue weighted by Crippen LogP contribution is 2.39. The van der Waals surface area contributed by atoms with Crippen LogP contribution in [0, 0.1) is 25.7 Å². The summed E-state index contributed by atoms with van der Waals surface area (Å²) in [5.41, 5.74) is 3.92. The number of pyridine rings is 1. The molecule has 4 amide bonds. The van der Waals surface area contributed by atoms with E-state index < -0.39 is 56.4 Å². The van der Waals surface area contributed by atoms with E-state index in [1.165, 1.54) is 23.8 Å². The minimum absolute atomic E-state index is 0.0927. The van der Waals surface area contributed by atoms with E-state index in [9.17, 15) is 22.8 Å². The van der Waals surface area contributed by atoms with Gasteiger partial charge in [-0.2, -0.15) is 5.10 Å². The number of aromatic nitrogens is 5. The summed E-state index contributed by atoms with van der Waals surface area (Å²) in [6.07, 6.45) is 12.8. The first-order valence-electron chi connectivity index (χ1n) is 29.7. The molecule has 2 aromatic carbocycles. The second-order valence-corrected chi connectivity index (χ2v) is 27.8. The molecule has 448 valence electrons. The lowest BCUT2D eigenvalue weighted by Crippen LogP contribution is -2.59. The first-order chi connectivity index (χ1) is 39.4. The molecule has 5 atom stereocenters. The maximum atomic E-state index is 15.2. The summed E-state index contributed by atoms with van der Waals surface area (Å²) in [5.74, 6) is 1.87. The van der Waals surface area contributed by atoms with Crippen molar-refractivity contribution < 1.29 is 41.8 Å². The number of rotatable bonds is 18. The Kier molecular flexibility index (Phi) is 18.6. The fraction of sp³-hybridized carbons (Fsp3) is 0.581. The Labute approximate surface area is 488 Å². The molecule has 20 nitrogen and oxygen atoms in total. The molecule has 4 N–H and O–H groups in total. The van der Waals surface area contributed by atoms with Crippen LogP contribution in [0.1, 0.15) is 154 Å². The van der Waals surface area contributed by atoms with Gasteiger partial charge in [-0.1, -0.05) is 43.5 Å². The minimum atomic E-state index is -3.84. The van der Waals surface area contributed by atoms with Crippen molar-refractivity contribution in [2.24, 2.45) is 11.8 Å². The van der Waals surface area contributed by atoms with Crippen LogP contribution >= 0.6 is 0 Å². The topological polar surface area (TPSA) is 243 Å². The molecule has 5 aromatic rings. The molecule has 5 heterocycles. The number of carbonyl (C=O) groups excluding carboxylic acids is 4. The summed E-state index contributed by atoms with van der Waals surface area (Å²) in [6.45, 7) is 17.9. The highest BCUT2D eigenvalue weighted by atomic mass is 32.2. The van der Waals surface area contributed by atoms with Crippen molar-refractivity contribution in [1.29, 1.82) is 0 Å². The van der Waals surface area contributed by atoms with Crippen LogP contribution in [0.2, 0.25) is 0 Å². The first kappa shape index (κ1) is 60.6. The van der Waals surface area contributed by atoms with Crippen molar-refractivity contribution in [3.05, 3.63) is 83.4 Å². The van der Waals surface area contributed by atoms with Crippen LogP contribution in [-0.2, 0) is 35.4 Å². The van der Waals surface area contributed by atoms with Gasteiger partial charge in [0.25, 0.3) is 0 Å². The van der Waals surface area contributed by atoms with Crippen molar-refractivity contribution in [3.63, 3.8) is 0 Å². The molecule has 0 unspecified atom stereocenters. The molecule has 4 aliphatic rings. The average Bonchev–Trinajstić information content (AvgIpc) is 3.61. The summed E-state index contributed by atoms with van der Waals surface area (Å²) in [5, 5.41) is 17.5. The number of fused-ring (bicyclic) bond motifs is 2. The molecule has 2 saturated heterocycles. The zero-order chi connectivity index (χ0) is 59.4. The second-order valence-electron chi connectivity index (χ2n) is 25.2. The lowest BCUT2D eigenvalue weighted by Gasteiger charge is -2.36. The monoisotopic (exact) mass is 1160 g/mol. The number of hydrogen-bond acceptors (Lipinski definition) is 15. The summed E-state index contributed by atoms with van der Waals surface area (Å²) in [7, 11) is -2.32. The van der Waals surface area contributed by atoms with Gasteiger partial charge in [0, 0.05) is 49.3 Å². The Morgan fingerprint density at radius 3 is 2.33 bits per heavy atom. The molecule has 0 bridgehead atoms. The number of carbonyl (C=O) groups is 4. The van der Waals surface area contributed by atoms with Crippen LogP contribution in [0.25, 0.3) is 10.9 Å². The summed E-state index contributed by atoms with van der Waals surface area (Å²) in [4.78, 5) is 75.9. The Bertz CT molecular complexity index is 3230. The third-order valence-corrected chi connectivity index (χ3v) is 19.6. The molecule has 21 heteroatoms. The number of hydrogen-bond donors (Lipinski definition) is 4. The van der Waals surface area contributed by atoms with Crippen LogP contribution in [0.4, 0.5) is 22.2 Å². The largest absolute Gasteiger partial charge is 0.492 e. The van der Waals surface area contributed by atoms with Crippen molar-refractivity contribution in [3.8, 4) is 11.5 Å². The fourth-order valence-corrected chi connectivity index (χ4v) is 13.2. The Morgan fingerprint density at radius 1 is 0.892 bits per heavy atom. The van der Waals surface area contributed by atoms with Crippen LogP contribution in [-0.4, -0.2) is 135 Å². The molecule has 3 aromatic heterocycles. The molecule has 83 heavy (non-hydrogen) atoms. The zero-order valence-corrected chi connectivity index (χ0v) is 50.9. The van der Waals surface area contributed by atoms with E-state index in [-0.39, 0.29) is 47.4 Å². The lowest BCUT2D eigenvalue weighted by atomic mass is 9.83. The quantitative estimate of drug-likeness (QED) is 0.0597. The number of nitrogens with one attached hydrogen (secondary N) is 4. The lowest BCUT2D eigenvalue weighted by molar-refractivity contribution is -0.143. The third-order valence-electron chi connectivity index (χ3n) is 17.1. The molecular formula is C62H85N11O9S. The molecule has 0 spiro atoms. The predicted octanol–water partition coefficient (Wildman–Crippen LogP) is 9.62. The number of likely N-dealkylation sites (N-methyl/N-ethyl adjacent to an activating group) is 1. The smallest absolute Gasteiger partial charge is 0.410 e. The molecular weight excluding hydrogens is 1070 g/mol. The number of H-pyrrole nitrogens is 1. The van der Waals surface area contributed by atoms with Gasteiger partial charge in [0.05, 0.1) is 35.7 Å². The van der Waals surface area contributed by atoms with E-state index in [4.69, 9.17) is 19.2 Å². The SMILES string of the molecule is Cc1[nH]nc(Nc2ncnc3cc(OCCCC4CCN(c5ccc(O[C@H]6C[C@@H](C(=O)N[C@@H]7CCCc8ccccc87)N(C(=O)[C@@H](NC(=O)[C@H](C)N(C)C(=O)OC(C)(C)C)C7CCCCC7)C6)cn5)CC4)c(S(=O)(=O)C(C)(C)C)cc23)c1C. The molecule has 9 rings (SSSR count). The van der Waals surface area contributed by atoms with Gasteiger partial charge in [-0.15, -0.1) is 0 Å². The fourth-order valence-electron chi connectivity index (χ4n) is 11.9. The van der Waals surface area contributed by atoms with E-state index in [0.717, 1.165) is 113 Å². The molecule has 2 aliphatic carbocycles. The highest BCUT2D eigenvalue weighted by Gasteiger charge is 2.46. The third kappa shape index (κ3) is 14.1. The van der Waals surface area contributed by atoms with Gasteiger partial charge in [0.1, 0.15) is 64.2 Å². The van der Waals surface area contributed by atoms with Gasteiger partial charge in [-0.05, 0) is 161 Å². The zero-order valence-electron chi connectivity index (χ0n) is 50.0. The Balaban J connectivity index is 0.831. The second kappa shape index (κ2) is 25.4. The molecule has 0 radical (unpaired) electrons. The number of ether oxygens (including phenoxy) is 3. The summed E-state index contributed by atoms with van der Waals surface area (Å²) >= 11 is 0. The maximum absolute atomic E-state index is 15.2. The Hall–Kier alpha value is -7.03. The number of piperidine rings is 1. The van der Waals surface area contributed by atoms with Gasteiger partial charge >= 0.3 is 6.09 Å². The van der Waals surface area contributed by atoms with Gasteiger partial charge in [-0.25, -0.2) is 28.2 Å². The van der Waals surface area contributed by atoms with Crippen LogP contribution in [0.15, 0.2) is 66.0 Å². The molecule has 3 fully saturated rings. The molecule has 1 saturated carbocycles. The van der Waals surface area contributed by atoms with Crippen LogP contribution in [0.5, 0.6) is 11.5 Å². The standard InChI is InChI=1S/C62H85N11O9S/c1-38-39(2)69-70-55(38)68-56-47-33-52(83(78,79)62(7,8)9)51(34-49(47)64-37-65-56)80-31-17-18-41-27-29-72(30-28-41)53-26-25-44(35-63-53)81-45-32-50(58(75)66-48-24-16-22-42-19-14-15-23-46(42)48)73(36-45)59(76)54(43-20-12-11-13-21-43)67-57(74)40(3)71(10)60(77)82-61(4,5)6/h14-15,19,23,25-26,33-35,37,40-41,43,45,48,50,54H,11-13,16-18,20-22,24,27-32,36H2,1-10H3,(H,66,75)(H,67,74)(H2,64,65,68,69,70)/t40-,45-,48+,50-,54-/m0/s1. The van der Waals surface area contributed by atoms with E-state index in [2.05, 4.69) is 53.1 Å². The molecule has 2 aliphatic heterocycles. The van der Waals surface area contributed by atoms with E-state index >= 15 is 4.79 Å². The number of amides is 4. The summed E-state index contributed by atoms with van der Waals surface area (Å²) < 4.78 is 45.5. The number of sulfone groups is 1. The maximum Gasteiger partial charge on any atom is 0.410 e. The van der Waals surface area contributed by atoms with Crippen molar-refractivity contribution in [2.45, 2.75) is 191 Å². The van der Waals surface area contributed by atoms with Crippen molar-refractivity contribution >= 4 is 62.0 Å². The van der Waals surface area contributed by atoms with Crippen molar-refractivity contribution in [1.82, 2.24) is 45.6 Å². The first-order valence-corrected chi connectivity index (χ1v) is 31.2. The van der Waals surface area contributed by atoms with Crippen LogP contribution < -0.4 is 30.3 Å². The van der Waals surface area contributed by atoms with E-state index in [1.807, 2.05) is 38.1 Å². The number of nitrogens with zero attached hydrogens (tertiary/aromatic N) is 7. The van der Waals surface area contributed by atoms with Crippen LogP contribution in [0.3, 0.4) is 0 Å². The predicted molar refractivity (Wildman–Crippen MR) is 318 cm³/mol. The van der Waals surface area contributed by atoms with E-state index in [1.54, 1.807) is 71.7 Å². The van der Waals surface area contributed by atoms with Gasteiger partial charge < -0.3 is 40.0 Å². The highest BCUT2D eigenvalue weighted by molar-refractivity contribution is 7.92. The Morgan fingerprint density at radius 2 is 1.64 bits per heavy atom. The number of likely N-dealkylation sites (tertiary alicyclic amines) is 1. The number of aryl methyl sites for hydroxylation is 2. The average molecular weight is 1160 g/mol. The summed E-state index contributed by atoms with van der Waals surface area (Å²) in [6, 6.07) is 12.4. The van der Waals surface area contributed by atoms with Gasteiger partial charge in [-0.3, -0.25) is 24.4 Å². The van der Waals surface area contributed by atoms with Gasteiger partial charge in [0.2, 0.25) is 17.7 Å². The number of aromatic amines is 1. The number of benzene rings is 2. The van der Waals surface area contributed by atoms with E-state index in [0.29, 0.717) is 40.8 Å². The normalized spacial score (nSPS) is 19.8.